The van der Waals surface area contributed by atoms with Crippen molar-refractivity contribution in [2.75, 3.05) is 16.8 Å². The largest absolute Gasteiger partial charge is 0.385 e. The maximum absolute atomic E-state index is 12.9. The first-order valence-electron chi connectivity index (χ1n) is 9.62. The molecule has 0 bridgehead atoms. The van der Waals surface area contributed by atoms with Crippen molar-refractivity contribution in [2.24, 2.45) is 11.7 Å². The van der Waals surface area contributed by atoms with Crippen molar-refractivity contribution < 1.29 is 9.59 Å². The molecule has 3 N–H and O–H groups in total. The van der Waals surface area contributed by atoms with Gasteiger partial charge in [-0.2, -0.15) is 0 Å². The number of nitrogens with one attached hydrogen (secondary N) is 1. The number of nitrogens with zero attached hydrogens (tertiary/aromatic N) is 1. The molecule has 1 heterocycles. The number of fused-ring (bicyclic) bond motifs is 1. The SMILES string of the molecule is Cc1ccc(N2C(=O)c3ccc(NC[C@H]4CC[C@H](N)CC4)cc3C2=O)cc1. The Balaban J connectivity index is 1.49. The average Bonchev–Trinajstić information content (AvgIpc) is 2.92. The lowest BCUT2D eigenvalue weighted by Crippen LogP contribution is -2.29. The van der Waals surface area contributed by atoms with Gasteiger partial charge in [0.1, 0.15) is 0 Å². The minimum absolute atomic E-state index is 0.258. The molecule has 140 valence electrons. The number of carbonyl (C=O) groups is 2. The number of aryl methyl sites for hydroxylation is 1. The molecule has 0 spiro atoms. The van der Waals surface area contributed by atoms with Gasteiger partial charge >= 0.3 is 0 Å². The molecule has 1 aliphatic heterocycles. The van der Waals surface area contributed by atoms with Crippen LogP contribution < -0.4 is 16.0 Å². The molecule has 5 heteroatoms. The first-order chi connectivity index (χ1) is 13.0. The van der Waals surface area contributed by atoms with Gasteiger partial charge in [0.15, 0.2) is 0 Å². The van der Waals surface area contributed by atoms with Gasteiger partial charge in [-0.05, 0) is 68.9 Å². The van der Waals surface area contributed by atoms with Gasteiger partial charge in [-0.3, -0.25) is 9.59 Å². The first kappa shape index (κ1) is 17.7. The van der Waals surface area contributed by atoms with Gasteiger partial charge < -0.3 is 11.1 Å². The number of carbonyl (C=O) groups excluding carboxylic acids is 2. The van der Waals surface area contributed by atoms with Crippen LogP contribution in [0.2, 0.25) is 0 Å². The monoisotopic (exact) mass is 363 g/mol. The van der Waals surface area contributed by atoms with Crippen LogP contribution in [0, 0.1) is 12.8 Å². The maximum Gasteiger partial charge on any atom is 0.266 e. The minimum Gasteiger partial charge on any atom is -0.385 e. The molecule has 2 aliphatic rings. The predicted molar refractivity (Wildman–Crippen MR) is 107 cm³/mol. The average molecular weight is 363 g/mol. The predicted octanol–water partition coefficient (Wildman–Crippen LogP) is 3.73. The van der Waals surface area contributed by atoms with E-state index in [2.05, 4.69) is 5.32 Å². The topological polar surface area (TPSA) is 75.4 Å². The first-order valence-corrected chi connectivity index (χ1v) is 9.62. The summed E-state index contributed by atoms with van der Waals surface area (Å²) < 4.78 is 0. The molecule has 0 unspecified atom stereocenters. The number of hydrogen-bond acceptors (Lipinski definition) is 4. The van der Waals surface area contributed by atoms with Crippen molar-refractivity contribution in [3.05, 3.63) is 59.2 Å². The number of anilines is 2. The van der Waals surface area contributed by atoms with Crippen LogP contribution in [0.1, 0.15) is 52.0 Å². The van der Waals surface area contributed by atoms with Crippen LogP contribution in [-0.4, -0.2) is 24.4 Å². The third kappa shape index (κ3) is 3.47. The van der Waals surface area contributed by atoms with E-state index in [1.165, 1.54) is 4.90 Å². The number of benzene rings is 2. The molecule has 0 saturated heterocycles. The van der Waals surface area contributed by atoms with Crippen LogP contribution in [-0.2, 0) is 0 Å². The molecule has 2 aromatic rings. The Labute approximate surface area is 159 Å². The zero-order valence-electron chi connectivity index (χ0n) is 15.6. The summed E-state index contributed by atoms with van der Waals surface area (Å²) in [6.07, 6.45) is 4.43. The third-order valence-corrected chi connectivity index (χ3v) is 5.67. The normalized spacial score (nSPS) is 22.1. The summed E-state index contributed by atoms with van der Waals surface area (Å²) in [5, 5.41) is 3.43. The highest BCUT2D eigenvalue weighted by Crippen LogP contribution is 2.31. The molecule has 2 amide bonds. The van der Waals surface area contributed by atoms with E-state index in [1.807, 2.05) is 37.3 Å². The molecule has 0 aromatic heterocycles. The maximum atomic E-state index is 12.9. The second-order valence-corrected chi connectivity index (χ2v) is 7.70. The van der Waals surface area contributed by atoms with E-state index in [1.54, 1.807) is 12.1 Å². The Morgan fingerprint density at radius 3 is 2.33 bits per heavy atom. The molecule has 4 rings (SSSR count). The van der Waals surface area contributed by atoms with Crippen LogP contribution in [0.5, 0.6) is 0 Å². The van der Waals surface area contributed by atoms with E-state index in [0.29, 0.717) is 28.8 Å². The van der Waals surface area contributed by atoms with E-state index in [9.17, 15) is 9.59 Å². The van der Waals surface area contributed by atoms with Crippen molar-refractivity contribution in [1.82, 2.24) is 0 Å². The van der Waals surface area contributed by atoms with E-state index in [0.717, 1.165) is 43.5 Å². The molecule has 0 radical (unpaired) electrons. The lowest BCUT2D eigenvalue weighted by molar-refractivity contribution is 0.0926. The molecular weight excluding hydrogens is 338 g/mol. The van der Waals surface area contributed by atoms with Gasteiger partial charge in [-0.15, -0.1) is 0 Å². The van der Waals surface area contributed by atoms with Crippen LogP contribution in [0.3, 0.4) is 0 Å². The van der Waals surface area contributed by atoms with Crippen molar-refractivity contribution >= 4 is 23.2 Å². The molecule has 27 heavy (non-hydrogen) atoms. The molecule has 5 nitrogen and oxygen atoms in total. The second kappa shape index (κ2) is 7.16. The van der Waals surface area contributed by atoms with Crippen molar-refractivity contribution in [1.29, 1.82) is 0 Å². The Morgan fingerprint density at radius 1 is 0.963 bits per heavy atom. The highest BCUT2D eigenvalue weighted by Gasteiger charge is 2.36. The van der Waals surface area contributed by atoms with Crippen molar-refractivity contribution in [2.45, 2.75) is 38.6 Å². The van der Waals surface area contributed by atoms with Crippen molar-refractivity contribution in [3.8, 4) is 0 Å². The van der Waals surface area contributed by atoms with E-state index in [4.69, 9.17) is 5.73 Å². The molecule has 2 aromatic carbocycles. The Hall–Kier alpha value is -2.66. The summed E-state index contributed by atoms with van der Waals surface area (Å²) in [6, 6.07) is 13.2. The summed E-state index contributed by atoms with van der Waals surface area (Å²) in [6.45, 7) is 2.85. The Bertz CT molecular complexity index is 868. The number of amides is 2. The summed E-state index contributed by atoms with van der Waals surface area (Å²) >= 11 is 0. The van der Waals surface area contributed by atoms with Crippen molar-refractivity contribution in [3.63, 3.8) is 0 Å². The summed E-state index contributed by atoms with van der Waals surface area (Å²) in [5.41, 5.74) is 9.49. The molecule has 1 fully saturated rings. The van der Waals surface area contributed by atoms with Gasteiger partial charge in [0.05, 0.1) is 16.8 Å². The standard InChI is InChI=1S/C22H25N3O2/c1-14-2-9-18(10-3-14)25-21(26)19-11-8-17(12-20(19)22(25)27)24-13-15-4-6-16(23)7-5-15/h2-3,8-12,15-16,24H,4-7,13,23H2,1H3/t15-,16-. The number of rotatable bonds is 4. The van der Waals surface area contributed by atoms with Crippen LogP contribution in [0.25, 0.3) is 0 Å². The fourth-order valence-electron chi connectivity index (χ4n) is 3.93. The fraction of sp³-hybridized carbons (Fsp3) is 0.364. The molecule has 1 saturated carbocycles. The quantitative estimate of drug-likeness (QED) is 0.812. The van der Waals surface area contributed by atoms with Crippen LogP contribution >= 0.6 is 0 Å². The van der Waals surface area contributed by atoms with Gasteiger partial charge in [0, 0.05) is 18.3 Å². The summed E-state index contributed by atoms with van der Waals surface area (Å²) in [5.74, 6) is 0.0947. The minimum atomic E-state index is -0.258. The number of hydrogen-bond donors (Lipinski definition) is 2. The van der Waals surface area contributed by atoms with E-state index >= 15 is 0 Å². The molecular formula is C22H25N3O2. The highest BCUT2D eigenvalue weighted by atomic mass is 16.2. The molecule has 0 atom stereocenters. The highest BCUT2D eigenvalue weighted by molar-refractivity contribution is 6.34. The Kier molecular flexibility index (Phi) is 4.70. The lowest BCUT2D eigenvalue weighted by atomic mass is 9.86. The van der Waals surface area contributed by atoms with Gasteiger partial charge in [0.2, 0.25) is 0 Å². The van der Waals surface area contributed by atoms with Crippen LogP contribution in [0.15, 0.2) is 42.5 Å². The van der Waals surface area contributed by atoms with E-state index in [-0.39, 0.29) is 11.8 Å². The van der Waals surface area contributed by atoms with E-state index < -0.39 is 0 Å². The number of nitrogens with two attached hydrogens (primary N) is 1. The summed E-state index contributed by atoms with van der Waals surface area (Å²) in [4.78, 5) is 26.8. The van der Waals surface area contributed by atoms with Crippen LogP contribution in [0.4, 0.5) is 11.4 Å². The number of imide groups is 1. The van der Waals surface area contributed by atoms with Gasteiger partial charge in [0.25, 0.3) is 11.8 Å². The lowest BCUT2D eigenvalue weighted by Gasteiger charge is -2.26. The summed E-state index contributed by atoms with van der Waals surface area (Å²) in [7, 11) is 0. The second-order valence-electron chi connectivity index (χ2n) is 7.70. The zero-order chi connectivity index (χ0) is 19.0. The Morgan fingerprint density at radius 2 is 1.63 bits per heavy atom. The third-order valence-electron chi connectivity index (χ3n) is 5.67. The van der Waals surface area contributed by atoms with Gasteiger partial charge in [-0.25, -0.2) is 4.90 Å². The smallest absolute Gasteiger partial charge is 0.266 e. The fourth-order valence-corrected chi connectivity index (χ4v) is 3.93. The zero-order valence-corrected chi connectivity index (χ0v) is 15.6. The molecule has 1 aliphatic carbocycles. The van der Waals surface area contributed by atoms with Gasteiger partial charge in [-0.1, -0.05) is 17.7 Å².